The highest BCUT2D eigenvalue weighted by molar-refractivity contribution is 7.88. The molecule has 1 saturated carbocycles. The number of nitrogens with zero attached hydrogens (tertiary/aromatic N) is 5. The summed E-state index contributed by atoms with van der Waals surface area (Å²) in [4.78, 5) is 25.1. The van der Waals surface area contributed by atoms with Gasteiger partial charge >= 0.3 is 21.9 Å². The van der Waals surface area contributed by atoms with Crippen LogP contribution in [-0.2, 0) is 23.2 Å². The Bertz CT molecular complexity index is 1050. The van der Waals surface area contributed by atoms with E-state index in [-0.39, 0.29) is 10.8 Å². The van der Waals surface area contributed by atoms with Crippen LogP contribution in [0.5, 0.6) is 0 Å². The van der Waals surface area contributed by atoms with Crippen molar-refractivity contribution in [1.29, 1.82) is 0 Å². The number of rotatable bonds is 7. The van der Waals surface area contributed by atoms with Crippen LogP contribution in [0.4, 0.5) is 4.79 Å². The topological polar surface area (TPSA) is 120 Å². The number of hydrogen-bond donors (Lipinski definition) is 1. The van der Waals surface area contributed by atoms with Gasteiger partial charge in [0.05, 0.1) is 0 Å². The molecule has 27 heavy (non-hydrogen) atoms. The summed E-state index contributed by atoms with van der Waals surface area (Å²) in [5, 5.41) is 5.75. The second kappa shape index (κ2) is 7.80. The number of thiazole rings is 1. The number of aryl methyl sites for hydroxylation is 2. The SMILES string of the molecule is CCCc1nn(C(=O)NS(=O)(=O)/N=c2\sccn2CCC)c(=O)n1C1CC1. The van der Waals surface area contributed by atoms with Crippen LogP contribution >= 0.6 is 11.3 Å². The minimum absolute atomic E-state index is 0.0426. The van der Waals surface area contributed by atoms with Gasteiger partial charge in [-0.05, 0) is 25.7 Å². The van der Waals surface area contributed by atoms with Crippen LogP contribution in [0, 0.1) is 0 Å². The molecule has 2 heterocycles. The second-order valence-corrected chi connectivity index (χ2v) is 8.52. The Morgan fingerprint density at radius 1 is 1.37 bits per heavy atom. The van der Waals surface area contributed by atoms with Gasteiger partial charge in [-0.15, -0.1) is 25.5 Å². The summed E-state index contributed by atoms with van der Waals surface area (Å²) >= 11 is 1.15. The summed E-state index contributed by atoms with van der Waals surface area (Å²) in [7, 11) is -4.32. The maximum Gasteiger partial charge on any atom is 0.361 e. The second-order valence-electron chi connectivity index (χ2n) is 6.31. The van der Waals surface area contributed by atoms with Gasteiger partial charge in [0.1, 0.15) is 5.82 Å². The first-order chi connectivity index (χ1) is 12.9. The summed E-state index contributed by atoms with van der Waals surface area (Å²) in [5.74, 6) is 0.494. The van der Waals surface area contributed by atoms with Gasteiger partial charge in [0, 0.05) is 30.6 Å². The van der Waals surface area contributed by atoms with Gasteiger partial charge in [0.2, 0.25) is 4.80 Å². The van der Waals surface area contributed by atoms with Gasteiger partial charge in [-0.1, -0.05) is 13.8 Å². The quantitative estimate of drug-likeness (QED) is 0.725. The van der Waals surface area contributed by atoms with Crippen molar-refractivity contribution in [3.8, 4) is 0 Å². The zero-order valence-corrected chi connectivity index (χ0v) is 16.8. The molecule has 0 unspecified atom stereocenters. The van der Waals surface area contributed by atoms with Crippen LogP contribution < -0.4 is 15.2 Å². The van der Waals surface area contributed by atoms with Crippen molar-refractivity contribution in [1.82, 2.24) is 23.6 Å². The van der Waals surface area contributed by atoms with Crippen molar-refractivity contribution >= 4 is 27.6 Å². The first-order valence-electron chi connectivity index (χ1n) is 8.83. The highest BCUT2D eigenvalue weighted by atomic mass is 32.2. The van der Waals surface area contributed by atoms with Crippen LogP contribution in [0.25, 0.3) is 0 Å². The standard InChI is InChI=1S/C15H22N6O4S2/c1-3-5-12-16-21(15(23)20(12)11-6-7-11)13(22)17-27(24,25)18-14-19(8-4-2)9-10-26-14/h9-11H,3-8H2,1-2H3,(H,17,22)/b18-14-. The lowest BCUT2D eigenvalue weighted by Crippen LogP contribution is -2.40. The van der Waals surface area contributed by atoms with Gasteiger partial charge < -0.3 is 4.57 Å². The van der Waals surface area contributed by atoms with Gasteiger partial charge in [-0.3, -0.25) is 4.57 Å². The van der Waals surface area contributed by atoms with Crippen LogP contribution in [0.2, 0.25) is 0 Å². The summed E-state index contributed by atoms with van der Waals surface area (Å²) in [6.45, 7) is 4.51. The molecule has 0 radical (unpaired) electrons. The van der Waals surface area contributed by atoms with Crippen molar-refractivity contribution in [2.45, 2.75) is 58.5 Å². The van der Waals surface area contributed by atoms with Gasteiger partial charge in [0.15, 0.2) is 0 Å². The number of hydrogen-bond acceptors (Lipinski definition) is 6. The molecule has 2 aromatic heterocycles. The smallest absolute Gasteiger partial charge is 0.323 e. The Labute approximate surface area is 160 Å². The average molecular weight is 415 g/mol. The molecule has 0 saturated heterocycles. The minimum Gasteiger partial charge on any atom is -0.323 e. The molecule has 0 spiro atoms. The van der Waals surface area contributed by atoms with E-state index in [2.05, 4.69) is 9.50 Å². The number of carbonyl (C=O) groups excluding carboxylic acids is 1. The molecule has 1 amide bonds. The number of amides is 1. The lowest BCUT2D eigenvalue weighted by Gasteiger charge is -2.02. The molecule has 0 atom stereocenters. The Morgan fingerprint density at radius 3 is 2.74 bits per heavy atom. The largest absolute Gasteiger partial charge is 0.361 e. The Kier molecular flexibility index (Phi) is 5.65. The number of aromatic nitrogens is 4. The molecule has 1 N–H and O–H groups in total. The molecule has 0 bridgehead atoms. The van der Waals surface area contributed by atoms with Crippen molar-refractivity contribution in [3.63, 3.8) is 0 Å². The first kappa shape index (κ1) is 19.5. The molecule has 1 aliphatic rings. The fraction of sp³-hybridized carbons (Fsp3) is 0.600. The minimum atomic E-state index is -4.32. The molecular weight excluding hydrogens is 392 g/mol. The maximum absolute atomic E-state index is 12.5. The van der Waals surface area contributed by atoms with Crippen molar-refractivity contribution in [2.75, 3.05) is 0 Å². The molecule has 10 nitrogen and oxygen atoms in total. The van der Waals surface area contributed by atoms with E-state index in [0.717, 1.165) is 37.0 Å². The molecule has 12 heteroatoms. The molecule has 1 fully saturated rings. The predicted molar refractivity (Wildman–Crippen MR) is 99.8 cm³/mol. The van der Waals surface area contributed by atoms with E-state index in [1.165, 1.54) is 4.57 Å². The monoisotopic (exact) mass is 414 g/mol. The van der Waals surface area contributed by atoms with Gasteiger partial charge in [0.25, 0.3) is 0 Å². The zero-order chi connectivity index (χ0) is 19.6. The van der Waals surface area contributed by atoms with E-state index in [4.69, 9.17) is 0 Å². The average Bonchev–Trinajstić information content (AvgIpc) is 3.25. The molecule has 3 rings (SSSR count). The lowest BCUT2D eigenvalue weighted by atomic mass is 10.3. The molecule has 148 valence electrons. The third-order valence-corrected chi connectivity index (χ3v) is 5.75. The molecular formula is C15H22N6O4S2. The van der Waals surface area contributed by atoms with E-state index in [0.29, 0.717) is 23.5 Å². The van der Waals surface area contributed by atoms with E-state index in [1.807, 2.05) is 18.6 Å². The van der Waals surface area contributed by atoms with E-state index in [9.17, 15) is 18.0 Å². The van der Waals surface area contributed by atoms with E-state index < -0.39 is 21.9 Å². The maximum atomic E-state index is 12.5. The normalized spacial score (nSPS) is 15.3. The lowest BCUT2D eigenvalue weighted by molar-refractivity contribution is 0.243. The molecule has 1 aliphatic carbocycles. The van der Waals surface area contributed by atoms with Crippen molar-refractivity contribution in [3.05, 3.63) is 32.7 Å². The van der Waals surface area contributed by atoms with Crippen molar-refractivity contribution in [2.24, 2.45) is 4.40 Å². The van der Waals surface area contributed by atoms with Crippen molar-refractivity contribution < 1.29 is 13.2 Å². The summed E-state index contributed by atoms with van der Waals surface area (Å²) in [6.07, 6.45) is 5.54. The molecule has 0 aromatic carbocycles. The predicted octanol–water partition coefficient (Wildman–Crippen LogP) is 1.01. The summed E-state index contributed by atoms with van der Waals surface area (Å²) < 4.78 is 33.7. The van der Waals surface area contributed by atoms with E-state index >= 15 is 0 Å². The Balaban J connectivity index is 1.87. The van der Waals surface area contributed by atoms with E-state index in [1.54, 1.807) is 16.1 Å². The summed E-state index contributed by atoms with van der Waals surface area (Å²) in [5.41, 5.74) is -0.620. The Morgan fingerprint density at radius 2 is 2.11 bits per heavy atom. The highest BCUT2D eigenvalue weighted by Gasteiger charge is 2.31. The van der Waals surface area contributed by atoms with Crippen LogP contribution in [0.3, 0.4) is 0 Å². The zero-order valence-electron chi connectivity index (χ0n) is 15.2. The third kappa shape index (κ3) is 4.38. The van der Waals surface area contributed by atoms with Gasteiger partial charge in [-0.2, -0.15) is 8.42 Å². The van der Waals surface area contributed by atoms with Gasteiger partial charge in [-0.25, -0.2) is 14.3 Å². The highest BCUT2D eigenvalue weighted by Crippen LogP contribution is 2.34. The molecule has 0 aliphatic heterocycles. The number of carbonyl (C=O) groups is 1. The first-order valence-corrected chi connectivity index (χ1v) is 11.2. The summed E-state index contributed by atoms with van der Waals surface area (Å²) in [6, 6.07) is -1.08. The fourth-order valence-corrected chi connectivity index (χ4v) is 4.45. The number of nitrogens with one attached hydrogen (secondary N) is 1. The van der Waals surface area contributed by atoms with Crippen LogP contribution in [0.15, 0.2) is 20.8 Å². The molecule has 2 aromatic rings. The van der Waals surface area contributed by atoms with Crippen LogP contribution in [0.1, 0.15) is 51.4 Å². The van der Waals surface area contributed by atoms with Crippen LogP contribution in [-0.4, -0.2) is 33.4 Å². The fourth-order valence-electron chi connectivity index (χ4n) is 2.71. The Hall–Kier alpha value is -2.21. The third-order valence-electron chi connectivity index (χ3n) is 4.00.